The van der Waals surface area contributed by atoms with Crippen LogP contribution in [0.3, 0.4) is 0 Å². The van der Waals surface area contributed by atoms with E-state index in [-0.39, 0.29) is 17.4 Å². The van der Waals surface area contributed by atoms with Crippen molar-refractivity contribution in [3.8, 4) is 0 Å². The molecule has 1 N–H and O–H groups in total. The van der Waals surface area contributed by atoms with Crippen molar-refractivity contribution in [1.29, 1.82) is 0 Å². The molecular formula is C25H33NO2Si. The Labute approximate surface area is 176 Å². The molecule has 2 aromatic rings. The van der Waals surface area contributed by atoms with Gasteiger partial charge in [-0.05, 0) is 25.0 Å². The minimum atomic E-state index is -1.42. The number of aliphatic imine (C=N–C) groups is 1. The van der Waals surface area contributed by atoms with Crippen LogP contribution in [0.25, 0.3) is 0 Å². The molecule has 3 atom stereocenters. The fraction of sp³-hybridized carbons (Fsp3) is 0.400. The van der Waals surface area contributed by atoms with Gasteiger partial charge in [-0.2, -0.15) is 0 Å². The largest absolute Gasteiger partial charge is 0.478 e. The van der Waals surface area contributed by atoms with Crippen LogP contribution in [0.1, 0.15) is 37.0 Å². The second-order valence-corrected chi connectivity index (χ2v) is 14.7. The van der Waals surface area contributed by atoms with Crippen molar-refractivity contribution in [3.63, 3.8) is 0 Å². The summed E-state index contributed by atoms with van der Waals surface area (Å²) in [6.45, 7) is 11.6. The molecule has 0 aliphatic carbocycles. The van der Waals surface area contributed by atoms with Gasteiger partial charge in [0, 0.05) is 5.92 Å². The van der Waals surface area contributed by atoms with E-state index in [1.165, 1.54) is 0 Å². The molecule has 0 radical (unpaired) electrons. The number of ether oxygens (including phenoxy) is 1. The summed E-state index contributed by atoms with van der Waals surface area (Å²) in [6, 6.07) is 20.2. The van der Waals surface area contributed by atoms with Gasteiger partial charge >= 0.3 is 0 Å². The minimum Gasteiger partial charge on any atom is -0.478 e. The Hall–Kier alpha value is -2.17. The number of hydrogen-bond acceptors (Lipinski definition) is 3. The first-order valence-electron chi connectivity index (χ1n) is 10.4. The first-order chi connectivity index (χ1) is 13.7. The van der Waals surface area contributed by atoms with Gasteiger partial charge in [-0.15, -0.1) is 0 Å². The molecule has 0 saturated carbocycles. The van der Waals surface area contributed by atoms with Gasteiger partial charge in [-0.1, -0.05) is 92.1 Å². The number of nitrogens with zero attached hydrogens (tertiary/aromatic N) is 1. The van der Waals surface area contributed by atoms with Crippen LogP contribution in [0.2, 0.25) is 19.6 Å². The predicted molar refractivity (Wildman–Crippen MR) is 124 cm³/mol. The summed E-state index contributed by atoms with van der Waals surface area (Å²) >= 11 is 0. The Balaban J connectivity index is 2.11. The molecule has 0 aromatic heterocycles. The molecule has 1 aliphatic heterocycles. The van der Waals surface area contributed by atoms with Crippen LogP contribution in [-0.4, -0.2) is 31.2 Å². The van der Waals surface area contributed by atoms with Gasteiger partial charge in [0.1, 0.15) is 6.61 Å². The Bertz CT molecular complexity index is 853. The monoisotopic (exact) mass is 407 g/mol. The summed E-state index contributed by atoms with van der Waals surface area (Å²) in [4.78, 5) is 4.87. The van der Waals surface area contributed by atoms with Crippen LogP contribution in [0.15, 0.2) is 77.4 Å². The number of rotatable bonds is 7. The zero-order valence-corrected chi connectivity index (χ0v) is 19.2. The van der Waals surface area contributed by atoms with E-state index in [1.807, 2.05) is 36.4 Å². The maximum atomic E-state index is 11.5. The molecule has 0 spiro atoms. The first-order valence-corrected chi connectivity index (χ1v) is 13.9. The Morgan fingerprint density at radius 1 is 0.966 bits per heavy atom. The van der Waals surface area contributed by atoms with Crippen LogP contribution in [0.4, 0.5) is 0 Å². The number of aliphatic hydroxyl groups excluding tert-OH is 1. The van der Waals surface area contributed by atoms with Gasteiger partial charge in [-0.25, -0.2) is 4.99 Å². The van der Waals surface area contributed by atoms with Gasteiger partial charge in [0.25, 0.3) is 0 Å². The molecule has 3 nitrogen and oxygen atoms in total. The summed E-state index contributed by atoms with van der Waals surface area (Å²) in [5.41, 5.74) is 4.14. The average Bonchev–Trinajstić information content (AvgIpc) is 3.04. The summed E-state index contributed by atoms with van der Waals surface area (Å²) in [7, 11) is -1.42. The molecule has 0 fully saturated rings. The number of allylic oxidation sites excluding steroid dienone is 1. The lowest BCUT2D eigenvalue weighted by atomic mass is 9.80. The Morgan fingerprint density at radius 2 is 1.52 bits per heavy atom. The highest BCUT2D eigenvalue weighted by Gasteiger charge is 2.39. The van der Waals surface area contributed by atoms with Crippen molar-refractivity contribution >= 4 is 14.0 Å². The van der Waals surface area contributed by atoms with Gasteiger partial charge in [0.15, 0.2) is 5.90 Å². The summed E-state index contributed by atoms with van der Waals surface area (Å²) in [6.07, 6.45) is 1.57. The minimum absolute atomic E-state index is 0.0224. The van der Waals surface area contributed by atoms with Gasteiger partial charge in [0.2, 0.25) is 0 Å². The molecule has 0 saturated heterocycles. The fourth-order valence-corrected chi connectivity index (χ4v) is 4.42. The highest BCUT2D eigenvalue weighted by molar-refractivity contribution is 6.80. The molecule has 3 unspecified atom stereocenters. The number of aliphatic hydroxyl groups is 1. The van der Waals surface area contributed by atoms with E-state index in [0.717, 1.165) is 11.1 Å². The Morgan fingerprint density at radius 3 is 2.00 bits per heavy atom. The van der Waals surface area contributed by atoms with E-state index < -0.39 is 14.2 Å². The van der Waals surface area contributed by atoms with Gasteiger partial charge < -0.3 is 9.84 Å². The quantitative estimate of drug-likeness (QED) is 0.593. The highest BCUT2D eigenvalue weighted by Crippen LogP contribution is 2.39. The zero-order valence-electron chi connectivity index (χ0n) is 18.2. The first kappa shape index (κ1) is 21.5. The molecule has 3 rings (SSSR count). The zero-order chi connectivity index (χ0) is 21.1. The maximum absolute atomic E-state index is 11.5. The fourth-order valence-electron chi connectivity index (χ4n) is 3.63. The molecule has 0 bridgehead atoms. The van der Waals surface area contributed by atoms with Crippen molar-refractivity contribution in [2.75, 3.05) is 6.61 Å². The topological polar surface area (TPSA) is 41.8 Å². The average molecular weight is 408 g/mol. The van der Waals surface area contributed by atoms with Crippen molar-refractivity contribution in [1.82, 2.24) is 0 Å². The van der Waals surface area contributed by atoms with E-state index in [0.29, 0.717) is 12.5 Å². The van der Waals surface area contributed by atoms with Crippen LogP contribution in [0.5, 0.6) is 0 Å². The highest BCUT2D eigenvalue weighted by atomic mass is 28.3. The van der Waals surface area contributed by atoms with E-state index in [1.54, 1.807) is 0 Å². The Kier molecular flexibility index (Phi) is 6.44. The predicted octanol–water partition coefficient (Wildman–Crippen LogP) is 5.76. The van der Waals surface area contributed by atoms with Crippen LogP contribution >= 0.6 is 0 Å². The smallest absolute Gasteiger partial charge is 0.191 e. The van der Waals surface area contributed by atoms with Crippen molar-refractivity contribution in [2.45, 2.75) is 51.0 Å². The molecular weight excluding hydrogens is 374 g/mol. The molecule has 2 aromatic carbocycles. The SMILES string of the molecule is CC1(C)COC(C(C(O)c2ccccc2)C(C=C[Si](C)(C)C)c2ccccc2)=N1. The second kappa shape index (κ2) is 8.68. The van der Waals surface area contributed by atoms with Crippen molar-refractivity contribution in [3.05, 3.63) is 83.6 Å². The number of benzene rings is 2. The second-order valence-electron chi connectivity index (χ2n) is 9.59. The van der Waals surface area contributed by atoms with Crippen LogP contribution in [0, 0.1) is 5.92 Å². The van der Waals surface area contributed by atoms with Crippen LogP contribution < -0.4 is 0 Å². The third-order valence-electron chi connectivity index (χ3n) is 5.13. The van der Waals surface area contributed by atoms with Crippen molar-refractivity contribution in [2.24, 2.45) is 10.9 Å². The molecule has 154 valence electrons. The molecule has 0 amide bonds. The summed E-state index contributed by atoms with van der Waals surface area (Å²) in [5.74, 6) is 0.348. The third-order valence-corrected chi connectivity index (χ3v) is 6.32. The van der Waals surface area contributed by atoms with Gasteiger partial charge in [0.05, 0.1) is 25.6 Å². The molecule has 1 aliphatic rings. The number of hydrogen-bond donors (Lipinski definition) is 1. The van der Waals surface area contributed by atoms with Crippen molar-refractivity contribution < 1.29 is 9.84 Å². The normalized spacial score (nSPS) is 19.4. The molecule has 4 heteroatoms. The molecule has 29 heavy (non-hydrogen) atoms. The van der Waals surface area contributed by atoms with E-state index in [4.69, 9.17) is 9.73 Å². The lowest BCUT2D eigenvalue weighted by Crippen LogP contribution is -2.29. The lowest BCUT2D eigenvalue weighted by Gasteiger charge is -2.30. The van der Waals surface area contributed by atoms with E-state index >= 15 is 0 Å². The van der Waals surface area contributed by atoms with E-state index in [2.05, 4.69) is 69.5 Å². The maximum Gasteiger partial charge on any atom is 0.191 e. The standard InChI is InChI=1S/C25H33NO2Si/c1-25(2)18-28-24(26-25)22(23(27)20-14-10-7-11-15-20)21(16-17-29(3,4)5)19-12-8-6-9-13-19/h6-17,21-23,27H,18H2,1-5H3. The summed E-state index contributed by atoms with van der Waals surface area (Å²) in [5, 5.41) is 11.5. The van der Waals surface area contributed by atoms with Gasteiger partial charge in [-0.3, -0.25) is 0 Å². The summed E-state index contributed by atoms with van der Waals surface area (Å²) < 4.78 is 6.07. The van der Waals surface area contributed by atoms with E-state index in [9.17, 15) is 5.11 Å². The lowest BCUT2D eigenvalue weighted by molar-refractivity contribution is 0.118. The third kappa shape index (κ3) is 5.68. The van der Waals surface area contributed by atoms with Crippen LogP contribution in [-0.2, 0) is 4.74 Å². The molecule has 1 heterocycles.